The molecule has 0 amide bonds. The van der Waals surface area contributed by atoms with Crippen molar-refractivity contribution in [2.75, 3.05) is 20.2 Å². The lowest BCUT2D eigenvalue weighted by Crippen LogP contribution is -2.56. The van der Waals surface area contributed by atoms with Crippen molar-refractivity contribution in [1.82, 2.24) is 4.90 Å². The molecule has 1 saturated heterocycles. The third-order valence-corrected chi connectivity index (χ3v) is 4.44. The average molecular weight is 242 g/mol. The van der Waals surface area contributed by atoms with Gasteiger partial charge in [-0.15, -0.1) is 0 Å². The van der Waals surface area contributed by atoms with Crippen molar-refractivity contribution >= 4 is 0 Å². The van der Waals surface area contributed by atoms with Gasteiger partial charge in [-0.3, -0.25) is 4.90 Å². The summed E-state index contributed by atoms with van der Waals surface area (Å²) < 4.78 is 5.44. The standard InChI is InChI=1S/C13H26N2O2/c1-17-11-6-7-15(10(8-11)9-14)12-4-2-3-5-13(12)16/h10-13,16H,2-9,14H2,1H3. The number of aliphatic hydroxyl groups is 1. The Hall–Kier alpha value is -0.160. The Kier molecular flexibility index (Phi) is 4.79. The van der Waals surface area contributed by atoms with Crippen molar-refractivity contribution in [3.63, 3.8) is 0 Å². The fourth-order valence-electron chi connectivity index (χ4n) is 3.39. The Morgan fingerprint density at radius 1 is 1.29 bits per heavy atom. The first kappa shape index (κ1) is 13.3. The molecule has 1 heterocycles. The molecule has 1 aliphatic heterocycles. The fourth-order valence-corrected chi connectivity index (χ4v) is 3.39. The second-order valence-electron chi connectivity index (χ2n) is 5.43. The van der Waals surface area contributed by atoms with Crippen molar-refractivity contribution in [2.45, 2.75) is 62.8 Å². The van der Waals surface area contributed by atoms with E-state index in [1.165, 1.54) is 12.8 Å². The number of likely N-dealkylation sites (tertiary alicyclic amines) is 1. The van der Waals surface area contributed by atoms with Crippen LogP contribution in [0.5, 0.6) is 0 Å². The molecular weight excluding hydrogens is 216 g/mol. The van der Waals surface area contributed by atoms with Gasteiger partial charge in [0.1, 0.15) is 0 Å². The van der Waals surface area contributed by atoms with Crippen LogP contribution in [0, 0.1) is 0 Å². The number of nitrogens with zero attached hydrogens (tertiary/aromatic N) is 1. The van der Waals surface area contributed by atoms with E-state index in [0.717, 1.165) is 32.2 Å². The second kappa shape index (κ2) is 6.14. The van der Waals surface area contributed by atoms with Crippen LogP contribution in [0.2, 0.25) is 0 Å². The van der Waals surface area contributed by atoms with Crippen molar-refractivity contribution in [2.24, 2.45) is 5.73 Å². The molecule has 0 aromatic rings. The third-order valence-electron chi connectivity index (χ3n) is 4.44. The number of piperidine rings is 1. The van der Waals surface area contributed by atoms with Gasteiger partial charge in [-0.1, -0.05) is 12.8 Å². The van der Waals surface area contributed by atoms with Crippen LogP contribution in [0.15, 0.2) is 0 Å². The summed E-state index contributed by atoms with van der Waals surface area (Å²) in [5.74, 6) is 0. The number of nitrogens with two attached hydrogens (primary N) is 1. The number of rotatable bonds is 3. The quantitative estimate of drug-likeness (QED) is 0.766. The predicted molar refractivity (Wildman–Crippen MR) is 67.8 cm³/mol. The van der Waals surface area contributed by atoms with E-state index in [1.807, 2.05) is 0 Å². The molecule has 0 spiro atoms. The molecule has 2 rings (SSSR count). The first-order valence-electron chi connectivity index (χ1n) is 6.93. The molecular formula is C13H26N2O2. The molecule has 0 bridgehead atoms. The maximum atomic E-state index is 10.1. The molecule has 4 unspecified atom stereocenters. The van der Waals surface area contributed by atoms with Crippen LogP contribution in [-0.4, -0.2) is 54.5 Å². The van der Waals surface area contributed by atoms with Crippen molar-refractivity contribution in [3.05, 3.63) is 0 Å². The number of hydrogen-bond acceptors (Lipinski definition) is 4. The van der Waals surface area contributed by atoms with Crippen LogP contribution in [0.25, 0.3) is 0 Å². The van der Waals surface area contributed by atoms with E-state index in [2.05, 4.69) is 4.90 Å². The fraction of sp³-hybridized carbons (Fsp3) is 1.00. The Morgan fingerprint density at radius 3 is 2.71 bits per heavy atom. The molecule has 17 heavy (non-hydrogen) atoms. The van der Waals surface area contributed by atoms with Crippen LogP contribution in [0.1, 0.15) is 38.5 Å². The molecule has 2 aliphatic rings. The average Bonchev–Trinajstić information content (AvgIpc) is 2.38. The zero-order chi connectivity index (χ0) is 12.3. The lowest BCUT2D eigenvalue weighted by Gasteiger charge is -2.46. The summed E-state index contributed by atoms with van der Waals surface area (Å²) in [7, 11) is 1.78. The first-order valence-corrected chi connectivity index (χ1v) is 6.93. The van der Waals surface area contributed by atoms with Gasteiger partial charge >= 0.3 is 0 Å². The van der Waals surface area contributed by atoms with Crippen molar-refractivity contribution in [1.29, 1.82) is 0 Å². The molecule has 0 aromatic heterocycles. The Bertz CT molecular complexity index is 237. The van der Waals surface area contributed by atoms with Gasteiger partial charge in [-0.05, 0) is 25.7 Å². The largest absolute Gasteiger partial charge is 0.391 e. The monoisotopic (exact) mass is 242 g/mol. The highest BCUT2D eigenvalue weighted by atomic mass is 16.5. The van der Waals surface area contributed by atoms with Crippen LogP contribution in [-0.2, 0) is 4.74 Å². The molecule has 0 radical (unpaired) electrons. The summed E-state index contributed by atoms with van der Waals surface area (Å²) >= 11 is 0. The minimum Gasteiger partial charge on any atom is -0.391 e. The van der Waals surface area contributed by atoms with Crippen molar-refractivity contribution < 1.29 is 9.84 Å². The maximum Gasteiger partial charge on any atom is 0.0695 e. The number of methoxy groups -OCH3 is 1. The van der Waals surface area contributed by atoms with E-state index in [1.54, 1.807) is 7.11 Å². The van der Waals surface area contributed by atoms with Gasteiger partial charge in [0.25, 0.3) is 0 Å². The molecule has 3 N–H and O–H groups in total. The highest BCUT2D eigenvalue weighted by Gasteiger charge is 2.36. The smallest absolute Gasteiger partial charge is 0.0695 e. The van der Waals surface area contributed by atoms with Gasteiger partial charge in [0.2, 0.25) is 0 Å². The summed E-state index contributed by atoms with van der Waals surface area (Å²) in [6.07, 6.45) is 6.74. The Morgan fingerprint density at radius 2 is 2.06 bits per heavy atom. The van der Waals surface area contributed by atoms with E-state index in [0.29, 0.717) is 24.7 Å². The predicted octanol–water partition coefficient (Wildman–Crippen LogP) is 0.728. The number of aliphatic hydroxyl groups excluding tert-OH is 1. The molecule has 4 atom stereocenters. The highest BCUT2D eigenvalue weighted by molar-refractivity contribution is 4.91. The lowest BCUT2D eigenvalue weighted by molar-refractivity contribution is -0.0486. The second-order valence-corrected chi connectivity index (χ2v) is 5.43. The van der Waals surface area contributed by atoms with E-state index in [9.17, 15) is 5.11 Å². The normalized spacial score (nSPS) is 40.4. The van der Waals surface area contributed by atoms with E-state index < -0.39 is 0 Å². The number of ether oxygens (including phenoxy) is 1. The summed E-state index contributed by atoms with van der Waals surface area (Å²) in [6.45, 7) is 1.69. The van der Waals surface area contributed by atoms with E-state index >= 15 is 0 Å². The molecule has 0 aromatic carbocycles. The van der Waals surface area contributed by atoms with Gasteiger partial charge in [-0.2, -0.15) is 0 Å². The Labute approximate surface area is 104 Å². The van der Waals surface area contributed by atoms with Crippen molar-refractivity contribution in [3.8, 4) is 0 Å². The summed E-state index contributed by atoms with van der Waals surface area (Å²) in [4.78, 5) is 2.44. The SMILES string of the molecule is COC1CCN(C2CCCCC2O)C(CN)C1. The van der Waals surface area contributed by atoms with Crippen LogP contribution < -0.4 is 5.73 Å². The lowest BCUT2D eigenvalue weighted by atomic mass is 9.87. The molecule has 1 saturated carbocycles. The summed E-state index contributed by atoms with van der Waals surface area (Å²) in [5.41, 5.74) is 5.88. The van der Waals surface area contributed by atoms with Crippen LogP contribution in [0.3, 0.4) is 0 Å². The molecule has 4 heteroatoms. The molecule has 4 nitrogen and oxygen atoms in total. The van der Waals surface area contributed by atoms with Gasteiger partial charge in [0.05, 0.1) is 12.2 Å². The molecule has 100 valence electrons. The van der Waals surface area contributed by atoms with Gasteiger partial charge < -0.3 is 15.6 Å². The topological polar surface area (TPSA) is 58.7 Å². The summed E-state index contributed by atoms with van der Waals surface area (Å²) in [6, 6.07) is 0.710. The van der Waals surface area contributed by atoms with E-state index in [-0.39, 0.29) is 6.10 Å². The van der Waals surface area contributed by atoms with Gasteiger partial charge in [0, 0.05) is 32.3 Å². The van der Waals surface area contributed by atoms with Gasteiger partial charge in [0.15, 0.2) is 0 Å². The molecule has 1 aliphatic carbocycles. The minimum atomic E-state index is -0.156. The zero-order valence-electron chi connectivity index (χ0n) is 10.8. The minimum absolute atomic E-state index is 0.156. The van der Waals surface area contributed by atoms with E-state index in [4.69, 9.17) is 10.5 Å². The Balaban J connectivity index is 1.98. The maximum absolute atomic E-state index is 10.1. The number of hydrogen-bond donors (Lipinski definition) is 2. The molecule has 2 fully saturated rings. The third kappa shape index (κ3) is 2.99. The zero-order valence-corrected chi connectivity index (χ0v) is 10.8. The highest BCUT2D eigenvalue weighted by Crippen LogP contribution is 2.29. The summed E-state index contributed by atoms with van der Waals surface area (Å²) in [5, 5.41) is 10.1. The first-order chi connectivity index (χ1) is 8.26. The van der Waals surface area contributed by atoms with Gasteiger partial charge in [-0.25, -0.2) is 0 Å². The van der Waals surface area contributed by atoms with Crippen LogP contribution >= 0.6 is 0 Å². The van der Waals surface area contributed by atoms with Crippen LogP contribution in [0.4, 0.5) is 0 Å².